The van der Waals surface area contributed by atoms with Gasteiger partial charge in [-0.05, 0) is 64.9 Å². The molecular formula is C28H44N4O7Si. The number of nitrogens with zero attached hydrogens (tertiary/aromatic N) is 2. The number of pyridine rings is 1. The summed E-state index contributed by atoms with van der Waals surface area (Å²) in [6.45, 7) is 19.7. The second-order valence-corrected chi connectivity index (χ2v) is 16.8. The fraction of sp³-hybridized carbons (Fsp3) is 0.607. The van der Waals surface area contributed by atoms with Gasteiger partial charge in [0.05, 0.1) is 13.2 Å². The molecule has 0 fully saturated rings. The van der Waals surface area contributed by atoms with Crippen LogP contribution in [-0.4, -0.2) is 61.6 Å². The summed E-state index contributed by atoms with van der Waals surface area (Å²) in [6, 6.07) is 4.34. The van der Waals surface area contributed by atoms with Crippen LogP contribution in [0.4, 0.5) is 4.79 Å². The number of nitrogens with one attached hydrogen (secondary N) is 2. The zero-order valence-corrected chi connectivity index (χ0v) is 26.4. The monoisotopic (exact) mass is 576 g/mol. The Morgan fingerprint density at radius 2 is 1.75 bits per heavy atom. The third kappa shape index (κ3) is 9.74. The Labute approximate surface area is 237 Å². The van der Waals surface area contributed by atoms with Gasteiger partial charge in [0.15, 0.2) is 14.0 Å². The van der Waals surface area contributed by atoms with Gasteiger partial charge in [-0.3, -0.25) is 4.79 Å². The molecule has 0 saturated heterocycles. The van der Waals surface area contributed by atoms with Crippen molar-refractivity contribution < 1.29 is 32.7 Å². The van der Waals surface area contributed by atoms with Crippen LogP contribution >= 0.6 is 0 Å². The number of hydrogen-bond acceptors (Lipinski definition) is 9. The zero-order valence-electron chi connectivity index (χ0n) is 25.4. The fourth-order valence-corrected chi connectivity index (χ4v) is 4.24. The molecule has 0 radical (unpaired) electrons. The van der Waals surface area contributed by atoms with E-state index >= 15 is 0 Å². The molecule has 0 spiro atoms. The molecule has 2 amide bonds. The minimum atomic E-state index is -2.22. The molecule has 0 aliphatic carbocycles. The highest BCUT2D eigenvalue weighted by Crippen LogP contribution is 2.37. The minimum absolute atomic E-state index is 0.0249. The molecule has 0 aromatic carbocycles. The summed E-state index contributed by atoms with van der Waals surface area (Å²) in [4.78, 5) is 46.7. The summed E-state index contributed by atoms with van der Waals surface area (Å²) in [5, 5.41) is 5.48. The molecule has 11 nitrogen and oxygen atoms in total. The highest BCUT2D eigenvalue weighted by Gasteiger charge is 2.39. The van der Waals surface area contributed by atoms with Crippen LogP contribution in [0.2, 0.25) is 18.1 Å². The van der Waals surface area contributed by atoms with Gasteiger partial charge in [0.2, 0.25) is 5.89 Å². The summed E-state index contributed by atoms with van der Waals surface area (Å²) in [6.07, 6.45) is -0.452. The van der Waals surface area contributed by atoms with Crippen molar-refractivity contribution >= 4 is 26.3 Å². The first-order valence-corrected chi connectivity index (χ1v) is 16.4. The first-order valence-electron chi connectivity index (χ1n) is 13.5. The number of hydrogen-bond donors (Lipinski definition) is 2. The van der Waals surface area contributed by atoms with E-state index in [2.05, 4.69) is 54.5 Å². The van der Waals surface area contributed by atoms with E-state index in [9.17, 15) is 14.4 Å². The Kier molecular flexibility index (Phi) is 11.0. The number of aryl methyl sites for hydroxylation is 1. The zero-order chi connectivity index (χ0) is 30.3. The van der Waals surface area contributed by atoms with Crippen LogP contribution in [-0.2, 0) is 20.3 Å². The van der Waals surface area contributed by atoms with Crippen molar-refractivity contribution in [3.8, 4) is 0 Å². The lowest BCUT2D eigenvalue weighted by Gasteiger charge is -2.37. The molecule has 2 heterocycles. The van der Waals surface area contributed by atoms with Gasteiger partial charge in [-0.25, -0.2) is 19.6 Å². The average Bonchev–Trinajstić information content (AvgIpc) is 3.24. The highest BCUT2D eigenvalue weighted by molar-refractivity contribution is 6.74. The summed E-state index contributed by atoms with van der Waals surface area (Å²) in [5.41, 5.74) is 0.253. The second-order valence-electron chi connectivity index (χ2n) is 12.0. The van der Waals surface area contributed by atoms with E-state index in [1.54, 1.807) is 52.8 Å². The molecule has 2 rings (SSSR count). The molecule has 0 saturated carbocycles. The molecule has 2 N–H and O–H groups in total. The largest absolute Gasteiger partial charge is 0.461 e. The Morgan fingerprint density at radius 3 is 2.33 bits per heavy atom. The molecule has 12 heteroatoms. The van der Waals surface area contributed by atoms with E-state index in [-0.39, 0.29) is 54.3 Å². The number of ether oxygens (including phenoxy) is 2. The first kappa shape index (κ1) is 33.0. The van der Waals surface area contributed by atoms with Gasteiger partial charge in [0, 0.05) is 18.7 Å². The van der Waals surface area contributed by atoms with Crippen molar-refractivity contribution in [2.75, 3.05) is 19.8 Å². The third-order valence-electron chi connectivity index (χ3n) is 6.34. The maximum absolute atomic E-state index is 13.2. The van der Waals surface area contributed by atoms with E-state index in [1.165, 1.54) is 0 Å². The van der Waals surface area contributed by atoms with Crippen molar-refractivity contribution in [1.82, 2.24) is 20.6 Å². The Bertz CT molecular complexity index is 1180. The van der Waals surface area contributed by atoms with Crippen molar-refractivity contribution in [1.29, 1.82) is 0 Å². The maximum atomic E-state index is 13.2. The second kappa shape index (κ2) is 13.4. The third-order valence-corrected chi connectivity index (χ3v) is 10.8. The minimum Gasteiger partial charge on any atom is -0.461 e. The normalized spacial score (nSPS) is 12.9. The topological polar surface area (TPSA) is 142 Å². The number of carbonyl (C=O) groups is 3. The summed E-state index contributed by atoms with van der Waals surface area (Å²) in [5.74, 6) is -0.795. The van der Waals surface area contributed by atoms with Crippen molar-refractivity contribution in [3.05, 3.63) is 46.9 Å². The number of oxazole rings is 1. The molecule has 1 atom stereocenters. The Balaban J connectivity index is 2.37. The van der Waals surface area contributed by atoms with Crippen LogP contribution < -0.4 is 10.6 Å². The average molecular weight is 577 g/mol. The van der Waals surface area contributed by atoms with E-state index in [0.717, 1.165) is 0 Å². The van der Waals surface area contributed by atoms with Gasteiger partial charge in [0.25, 0.3) is 5.91 Å². The van der Waals surface area contributed by atoms with Crippen LogP contribution in [0.1, 0.15) is 92.8 Å². The van der Waals surface area contributed by atoms with Gasteiger partial charge < -0.3 is 29.0 Å². The van der Waals surface area contributed by atoms with Gasteiger partial charge in [-0.15, -0.1) is 0 Å². The van der Waals surface area contributed by atoms with Crippen LogP contribution in [0.3, 0.4) is 0 Å². The Hall–Kier alpha value is -3.25. The van der Waals surface area contributed by atoms with E-state index in [0.29, 0.717) is 5.69 Å². The first-order chi connectivity index (χ1) is 18.4. The number of rotatable bonds is 11. The quantitative estimate of drug-likeness (QED) is 0.275. The van der Waals surface area contributed by atoms with Crippen molar-refractivity contribution in [2.24, 2.45) is 0 Å². The smallest absolute Gasteiger partial charge is 0.407 e. The van der Waals surface area contributed by atoms with Crippen LogP contribution in [0.15, 0.2) is 22.6 Å². The van der Waals surface area contributed by atoms with Gasteiger partial charge in [-0.2, -0.15) is 0 Å². The van der Waals surface area contributed by atoms with Gasteiger partial charge in [-0.1, -0.05) is 26.8 Å². The molecule has 2 aromatic heterocycles. The van der Waals surface area contributed by atoms with E-state index < -0.39 is 37.9 Å². The molecule has 40 heavy (non-hydrogen) atoms. The standard InChI is InChI=1S/C28H44N4O7Si/c1-11-36-25(34)22-21(15-16-29-26(35)39-27(3,4)5)38-24(32-22)20(17-37-40(9,10)28(6,7)8)31-23(33)19-14-12-13-18(2)30-19/h12-14,20H,11,15-17H2,1-10H3,(H,29,35)(H,31,33). The molecule has 222 valence electrons. The lowest BCUT2D eigenvalue weighted by atomic mass is 10.2. The van der Waals surface area contributed by atoms with Gasteiger partial charge in [0.1, 0.15) is 23.1 Å². The molecule has 0 aliphatic rings. The number of amides is 2. The molecular weight excluding hydrogens is 532 g/mol. The lowest BCUT2D eigenvalue weighted by Crippen LogP contribution is -2.43. The number of aromatic nitrogens is 2. The van der Waals surface area contributed by atoms with Crippen molar-refractivity contribution in [2.45, 2.75) is 91.6 Å². The van der Waals surface area contributed by atoms with E-state index in [1.807, 2.05) is 0 Å². The molecule has 2 aromatic rings. The number of alkyl carbamates (subject to hydrolysis) is 1. The predicted molar refractivity (Wildman–Crippen MR) is 153 cm³/mol. The predicted octanol–water partition coefficient (Wildman–Crippen LogP) is 5.11. The molecule has 0 aliphatic heterocycles. The van der Waals surface area contributed by atoms with Crippen molar-refractivity contribution in [3.63, 3.8) is 0 Å². The van der Waals surface area contributed by atoms with E-state index in [4.69, 9.17) is 18.3 Å². The van der Waals surface area contributed by atoms with Crippen LogP contribution in [0.25, 0.3) is 0 Å². The summed E-state index contributed by atoms with van der Waals surface area (Å²) in [7, 11) is -2.22. The maximum Gasteiger partial charge on any atom is 0.407 e. The summed E-state index contributed by atoms with van der Waals surface area (Å²) >= 11 is 0. The highest BCUT2D eigenvalue weighted by atomic mass is 28.4. The SMILES string of the molecule is CCOC(=O)c1nc(C(CO[Si](C)(C)C(C)(C)C)NC(=O)c2cccc(C)n2)oc1CCNC(=O)OC(C)(C)C. The Morgan fingerprint density at radius 1 is 1.07 bits per heavy atom. The van der Waals surface area contributed by atoms with Crippen LogP contribution in [0.5, 0.6) is 0 Å². The molecule has 1 unspecified atom stereocenters. The summed E-state index contributed by atoms with van der Waals surface area (Å²) < 4.78 is 22.9. The number of carbonyl (C=O) groups excluding carboxylic acids is 3. The van der Waals surface area contributed by atoms with Crippen LogP contribution in [0, 0.1) is 6.92 Å². The number of esters is 1. The lowest BCUT2D eigenvalue weighted by molar-refractivity contribution is 0.0515. The fourth-order valence-electron chi connectivity index (χ4n) is 3.22. The molecule has 0 bridgehead atoms. The van der Waals surface area contributed by atoms with Gasteiger partial charge >= 0.3 is 12.1 Å².